The van der Waals surface area contributed by atoms with Gasteiger partial charge in [0.1, 0.15) is 0 Å². The van der Waals surface area contributed by atoms with Gasteiger partial charge < -0.3 is 5.32 Å². The Hall–Kier alpha value is -0.430. The van der Waals surface area contributed by atoms with Gasteiger partial charge in [0.05, 0.1) is 15.6 Å². The molecule has 1 rings (SSSR count). The van der Waals surface area contributed by atoms with E-state index in [1.165, 1.54) is 0 Å². The molecule has 0 fully saturated rings. The van der Waals surface area contributed by atoms with Crippen LogP contribution in [0.3, 0.4) is 0 Å². The van der Waals surface area contributed by atoms with E-state index >= 15 is 0 Å². The van der Waals surface area contributed by atoms with Gasteiger partial charge >= 0.3 is 0 Å². The van der Waals surface area contributed by atoms with Crippen molar-refractivity contribution in [2.45, 2.75) is 33.7 Å². The Balaban J connectivity index is 2.63. The lowest BCUT2D eigenvalue weighted by atomic mass is 10.2. The van der Waals surface area contributed by atoms with Gasteiger partial charge in [0, 0.05) is 6.54 Å². The van der Waals surface area contributed by atoms with Gasteiger partial charge in [-0.05, 0) is 54.9 Å². The lowest BCUT2D eigenvalue weighted by Crippen LogP contribution is -2.30. The number of halogens is 1. The Labute approximate surface area is 116 Å². The number of aromatic nitrogens is 2. The standard InChI is InChI=1S/C12H20IN3O/c1-4-5-14-6-9(2)7-16-8-15-10(3)11(13)12(16)17/h8-9,14H,4-7H2,1-3H3. The van der Waals surface area contributed by atoms with Gasteiger partial charge in [0.2, 0.25) is 0 Å². The maximum Gasteiger partial charge on any atom is 0.267 e. The first-order chi connectivity index (χ1) is 8.06. The Kier molecular flexibility index (Phi) is 6.11. The van der Waals surface area contributed by atoms with E-state index in [4.69, 9.17) is 0 Å². The highest BCUT2D eigenvalue weighted by atomic mass is 127. The maximum absolute atomic E-state index is 12.0. The monoisotopic (exact) mass is 349 g/mol. The third-order valence-electron chi connectivity index (χ3n) is 2.58. The molecule has 4 nitrogen and oxygen atoms in total. The van der Waals surface area contributed by atoms with Crippen molar-refractivity contribution in [1.29, 1.82) is 0 Å². The predicted octanol–water partition coefficient (Wildman–Crippen LogP) is 1.79. The molecule has 0 saturated heterocycles. The third kappa shape index (κ3) is 4.39. The van der Waals surface area contributed by atoms with Gasteiger partial charge in [-0.15, -0.1) is 0 Å². The molecule has 0 aliphatic carbocycles. The number of aryl methyl sites for hydroxylation is 1. The molecule has 0 aromatic carbocycles. The van der Waals surface area contributed by atoms with E-state index in [1.54, 1.807) is 10.9 Å². The van der Waals surface area contributed by atoms with Crippen LogP contribution in [0.5, 0.6) is 0 Å². The number of hydrogen-bond acceptors (Lipinski definition) is 3. The second kappa shape index (κ2) is 7.10. The maximum atomic E-state index is 12.0. The first kappa shape index (κ1) is 14.6. The molecule has 0 saturated carbocycles. The summed E-state index contributed by atoms with van der Waals surface area (Å²) in [6, 6.07) is 0. The van der Waals surface area contributed by atoms with Crippen LogP contribution in [-0.4, -0.2) is 22.6 Å². The van der Waals surface area contributed by atoms with Crippen LogP contribution in [-0.2, 0) is 6.54 Å². The van der Waals surface area contributed by atoms with Crippen LogP contribution in [0, 0.1) is 16.4 Å². The molecule has 96 valence electrons. The smallest absolute Gasteiger partial charge is 0.267 e. The zero-order valence-corrected chi connectivity index (χ0v) is 12.8. The first-order valence-electron chi connectivity index (χ1n) is 5.98. The summed E-state index contributed by atoms with van der Waals surface area (Å²) in [5, 5.41) is 3.36. The van der Waals surface area contributed by atoms with Crippen LogP contribution in [0.2, 0.25) is 0 Å². The highest BCUT2D eigenvalue weighted by molar-refractivity contribution is 14.1. The van der Waals surface area contributed by atoms with Gasteiger partial charge in [-0.25, -0.2) is 4.98 Å². The van der Waals surface area contributed by atoms with Crippen LogP contribution in [0.4, 0.5) is 0 Å². The zero-order valence-electron chi connectivity index (χ0n) is 10.7. The predicted molar refractivity (Wildman–Crippen MR) is 78.3 cm³/mol. The number of hydrogen-bond donors (Lipinski definition) is 1. The Bertz CT molecular complexity index is 417. The van der Waals surface area contributed by atoms with Crippen LogP contribution in [0.15, 0.2) is 11.1 Å². The van der Waals surface area contributed by atoms with Crippen molar-refractivity contribution in [2.75, 3.05) is 13.1 Å². The number of nitrogens with zero attached hydrogens (tertiary/aromatic N) is 2. The van der Waals surface area contributed by atoms with Crippen molar-refractivity contribution >= 4 is 22.6 Å². The van der Waals surface area contributed by atoms with Crippen LogP contribution in [0.25, 0.3) is 0 Å². The molecular weight excluding hydrogens is 329 g/mol. The fraction of sp³-hybridized carbons (Fsp3) is 0.667. The van der Waals surface area contributed by atoms with Gasteiger partial charge in [0.25, 0.3) is 5.56 Å². The van der Waals surface area contributed by atoms with Crippen molar-refractivity contribution in [3.63, 3.8) is 0 Å². The van der Waals surface area contributed by atoms with Crippen molar-refractivity contribution in [2.24, 2.45) is 5.92 Å². The van der Waals surface area contributed by atoms with Crippen LogP contribution < -0.4 is 10.9 Å². The summed E-state index contributed by atoms with van der Waals surface area (Å²) in [7, 11) is 0. The van der Waals surface area contributed by atoms with E-state index in [9.17, 15) is 4.79 Å². The van der Waals surface area contributed by atoms with Gasteiger partial charge in [-0.1, -0.05) is 13.8 Å². The van der Waals surface area contributed by atoms with Crippen molar-refractivity contribution < 1.29 is 0 Å². The molecule has 17 heavy (non-hydrogen) atoms. The zero-order chi connectivity index (χ0) is 12.8. The number of nitrogens with one attached hydrogen (secondary N) is 1. The minimum Gasteiger partial charge on any atom is -0.316 e. The summed E-state index contributed by atoms with van der Waals surface area (Å²) in [4.78, 5) is 16.2. The van der Waals surface area contributed by atoms with E-state index < -0.39 is 0 Å². The lowest BCUT2D eigenvalue weighted by molar-refractivity contribution is 0.435. The average Bonchev–Trinajstić information content (AvgIpc) is 2.30. The van der Waals surface area contributed by atoms with Gasteiger partial charge in [-0.3, -0.25) is 9.36 Å². The SMILES string of the molecule is CCCNCC(C)Cn1cnc(C)c(I)c1=O. The molecule has 0 aliphatic heterocycles. The van der Waals surface area contributed by atoms with Crippen molar-refractivity contribution in [1.82, 2.24) is 14.9 Å². The third-order valence-corrected chi connectivity index (χ3v) is 3.83. The lowest BCUT2D eigenvalue weighted by Gasteiger charge is -2.14. The first-order valence-corrected chi connectivity index (χ1v) is 7.06. The molecule has 1 heterocycles. The fourth-order valence-corrected chi connectivity index (χ4v) is 2.05. The summed E-state index contributed by atoms with van der Waals surface area (Å²) < 4.78 is 2.42. The van der Waals surface area contributed by atoms with Crippen LogP contribution >= 0.6 is 22.6 Å². The van der Waals surface area contributed by atoms with Gasteiger partial charge in [0.15, 0.2) is 0 Å². The summed E-state index contributed by atoms with van der Waals surface area (Å²) in [5.41, 5.74) is 0.879. The molecule has 1 aromatic rings. The highest BCUT2D eigenvalue weighted by Gasteiger charge is 2.08. The highest BCUT2D eigenvalue weighted by Crippen LogP contribution is 2.03. The minimum absolute atomic E-state index is 0.0699. The molecule has 5 heteroatoms. The molecule has 1 unspecified atom stereocenters. The van der Waals surface area contributed by atoms with E-state index in [0.29, 0.717) is 5.92 Å². The molecule has 0 aliphatic rings. The second-order valence-electron chi connectivity index (χ2n) is 4.41. The minimum atomic E-state index is 0.0699. The van der Waals surface area contributed by atoms with Gasteiger partial charge in [-0.2, -0.15) is 0 Å². The fourth-order valence-electron chi connectivity index (χ4n) is 1.60. The van der Waals surface area contributed by atoms with E-state index in [0.717, 1.165) is 35.3 Å². The summed E-state index contributed by atoms with van der Waals surface area (Å²) in [6.45, 7) is 8.84. The topological polar surface area (TPSA) is 46.9 Å². The van der Waals surface area contributed by atoms with E-state index in [-0.39, 0.29) is 5.56 Å². The van der Waals surface area contributed by atoms with E-state index in [2.05, 4.69) is 46.7 Å². The summed E-state index contributed by atoms with van der Waals surface area (Å²) in [6.07, 6.45) is 2.78. The molecule has 0 amide bonds. The van der Waals surface area contributed by atoms with Crippen molar-refractivity contribution in [3.8, 4) is 0 Å². The largest absolute Gasteiger partial charge is 0.316 e. The Morgan fingerprint density at radius 2 is 2.29 bits per heavy atom. The normalized spacial score (nSPS) is 12.7. The van der Waals surface area contributed by atoms with E-state index in [1.807, 2.05) is 6.92 Å². The molecule has 0 bridgehead atoms. The summed E-state index contributed by atoms with van der Waals surface area (Å²) >= 11 is 2.06. The molecule has 1 atom stereocenters. The quantitative estimate of drug-likeness (QED) is 0.629. The molecule has 0 radical (unpaired) electrons. The number of rotatable bonds is 6. The molecule has 1 N–H and O–H groups in total. The van der Waals surface area contributed by atoms with Crippen molar-refractivity contribution in [3.05, 3.63) is 25.9 Å². The summed E-state index contributed by atoms with van der Waals surface area (Å²) in [5.74, 6) is 0.430. The Morgan fingerprint density at radius 3 is 2.94 bits per heavy atom. The van der Waals surface area contributed by atoms with Crippen LogP contribution in [0.1, 0.15) is 26.0 Å². The second-order valence-corrected chi connectivity index (χ2v) is 5.49. The Morgan fingerprint density at radius 1 is 1.59 bits per heavy atom. The molecular formula is C12H20IN3O. The molecule has 0 spiro atoms. The molecule has 1 aromatic heterocycles. The average molecular weight is 349 g/mol.